The quantitative estimate of drug-likeness (QED) is 0.515. The molecule has 1 saturated heterocycles. The van der Waals surface area contributed by atoms with Crippen LogP contribution in [0.25, 0.3) is 0 Å². The number of hydrogen-bond donors (Lipinski definition) is 2. The fraction of sp³-hybridized carbons (Fsp3) is 0.500. The number of nitrogens with zero attached hydrogens (tertiary/aromatic N) is 2. The molecule has 3 atom stereocenters. The number of carbonyl (C=O) groups excluding carboxylic acids is 3. The van der Waals surface area contributed by atoms with Crippen LogP contribution in [0.15, 0.2) is 48.2 Å². The van der Waals surface area contributed by atoms with Crippen molar-refractivity contribution in [2.45, 2.75) is 51.1 Å². The summed E-state index contributed by atoms with van der Waals surface area (Å²) in [6.45, 7) is 8.15. The maximum Gasteiger partial charge on any atom is 0.416 e. The van der Waals surface area contributed by atoms with Crippen molar-refractivity contribution in [2.24, 2.45) is 5.92 Å². The van der Waals surface area contributed by atoms with Crippen LogP contribution in [0.1, 0.15) is 43.9 Å². The van der Waals surface area contributed by atoms with Crippen molar-refractivity contribution >= 4 is 17.8 Å². The summed E-state index contributed by atoms with van der Waals surface area (Å²) in [5.74, 6) is -1.26. The van der Waals surface area contributed by atoms with Crippen molar-refractivity contribution in [3.8, 4) is 0 Å². The van der Waals surface area contributed by atoms with Crippen molar-refractivity contribution in [3.63, 3.8) is 0 Å². The van der Waals surface area contributed by atoms with Crippen LogP contribution in [0, 0.1) is 5.92 Å². The highest BCUT2D eigenvalue weighted by Crippen LogP contribution is 2.42. The first-order valence-corrected chi connectivity index (χ1v) is 12.3. The van der Waals surface area contributed by atoms with Gasteiger partial charge in [0.25, 0.3) is 5.91 Å². The number of ether oxygens (including phenoxy) is 1. The molecule has 3 aliphatic rings. The van der Waals surface area contributed by atoms with Crippen LogP contribution in [-0.4, -0.2) is 66.0 Å². The zero-order valence-corrected chi connectivity index (χ0v) is 20.8. The van der Waals surface area contributed by atoms with Gasteiger partial charge in [-0.2, -0.15) is 13.2 Å². The van der Waals surface area contributed by atoms with Crippen molar-refractivity contribution in [2.75, 3.05) is 26.2 Å². The van der Waals surface area contributed by atoms with Gasteiger partial charge in [-0.25, -0.2) is 4.79 Å². The first-order chi connectivity index (χ1) is 17.5. The average molecular weight is 521 g/mol. The molecule has 0 spiro atoms. The monoisotopic (exact) mass is 520 g/mol. The first kappa shape index (κ1) is 26.7. The third-order valence-electron chi connectivity index (χ3n) is 6.90. The highest BCUT2D eigenvalue weighted by Gasteiger charge is 2.49. The van der Waals surface area contributed by atoms with Gasteiger partial charge in [0.15, 0.2) is 0 Å². The standard InChI is InChI=1S/C26H31F3N4O4/c1-4-11-32-19-14-33(22(15(2)3)23(34)30-13-16-8-7-12-37-16)24(35)20(19)21(31-25(32)36)17-9-5-6-10-18(17)26(27,28)29/h4-6,9-10,15-16,21-22H,1,7-8,11-14H2,2-3H3,(H,30,34)(H,31,36)/t16-,21+,22+/m0/s1. The highest BCUT2D eigenvalue weighted by atomic mass is 19.4. The number of benzene rings is 1. The molecule has 11 heteroatoms. The largest absolute Gasteiger partial charge is 0.416 e. The van der Waals surface area contributed by atoms with Crippen molar-refractivity contribution in [1.29, 1.82) is 0 Å². The van der Waals surface area contributed by atoms with E-state index in [9.17, 15) is 27.6 Å². The number of alkyl halides is 3. The Hall–Kier alpha value is -3.34. The van der Waals surface area contributed by atoms with Gasteiger partial charge in [0, 0.05) is 19.7 Å². The molecule has 0 unspecified atom stereocenters. The number of carbonyl (C=O) groups is 3. The lowest BCUT2D eigenvalue weighted by molar-refractivity contribution is -0.139. The smallest absolute Gasteiger partial charge is 0.376 e. The van der Waals surface area contributed by atoms with Gasteiger partial charge in [-0.1, -0.05) is 38.1 Å². The van der Waals surface area contributed by atoms with Gasteiger partial charge in [-0.3, -0.25) is 14.5 Å². The summed E-state index contributed by atoms with van der Waals surface area (Å²) in [6, 6.07) is 2.02. The van der Waals surface area contributed by atoms with Crippen LogP contribution in [0.5, 0.6) is 0 Å². The molecule has 2 N–H and O–H groups in total. The van der Waals surface area contributed by atoms with Crippen LogP contribution in [0.3, 0.4) is 0 Å². The Morgan fingerprint density at radius 3 is 2.65 bits per heavy atom. The Kier molecular flexibility index (Phi) is 7.63. The minimum absolute atomic E-state index is 0.0238. The van der Waals surface area contributed by atoms with Crippen LogP contribution in [0.4, 0.5) is 18.0 Å². The van der Waals surface area contributed by atoms with Gasteiger partial charge < -0.3 is 20.3 Å². The molecule has 1 fully saturated rings. The second-order valence-electron chi connectivity index (χ2n) is 9.73. The second-order valence-corrected chi connectivity index (χ2v) is 9.73. The van der Waals surface area contributed by atoms with Crippen molar-refractivity contribution in [3.05, 3.63) is 59.3 Å². The molecule has 0 aliphatic carbocycles. The van der Waals surface area contributed by atoms with Crippen LogP contribution < -0.4 is 10.6 Å². The molecular formula is C26H31F3N4O4. The van der Waals surface area contributed by atoms with Gasteiger partial charge in [-0.15, -0.1) is 6.58 Å². The summed E-state index contributed by atoms with van der Waals surface area (Å²) in [4.78, 5) is 42.7. The first-order valence-electron chi connectivity index (χ1n) is 12.3. The molecule has 3 aliphatic heterocycles. The lowest BCUT2D eigenvalue weighted by atomic mass is 9.91. The summed E-state index contributed by atoms with van der Waals surface area (Å²) in [5, 5.41) is 5.44. The minimum atomic E-state index is -4.69. The second kappa shape index (κ2) is 10.6. The van der Waals surface area contributed by atoms with Crippen molar-refractivity contribution in [1.82, 2.24) is 20.4 Å². The lowest BCUT2D eigenvalue weighted by Gasteiger charge is -2.33. The van der Waals surface area contributed by atoms with Crippen LogP contribution in [0.2, 0.25) is 0 Å². The van der Waals surface area contributed by atoms with E-state index < -0.39 is 35.8 Å². The third-order valence-corrected chi connectivity index (χ3v) is 6.90. The van der Waals surface area contributed by atoms with Gasteiger partial charge in [0.1, 0.15) is 6.04 Å². The molecule has 1 aromatic carbocycles. The molecule has 8 nitrogen and oxygen atoms in total. The Morgan fingerprint density at radius 1 is 1.30 bits per heavy atom. The molecule has 0 bridgehead atoms. The Bertz CT molecular complexity index is 1110. The lowest BCUT2D eigenvalue weighted by Crippen LogP contribution is -2.52. The van der Waals surface area contributed by atoms with E-state index in [0.717, 1.165) is 18.9 Å². The van der Waals surface area contributed by atoms with Gasteiger partial charge in [0.2, 0.25) is 5.91 Å². The average Bonchev–Trinajstić information content (AvgIpc) is 3.47. The number of rotatable bonds is 8. The summed E-state index contributed by atoms with van der Waals surface area (Å²) in [6.07, 6.45) is -1.57. The Morgan fingerprint density at radius 2 is 2.03 bits per heavy atom. The van der Waals surface area contributed by atoms with E-state index in [1.807, 2.05) is 0 Å². The number of nitrogens with one attached hydrogen (secondary N) is 2. The number of hydrogen-bond acceptors (Lipinski definition) is 4. The molecule has 200 valence electrons. The van der Waals surface area contributed by atoms with Gasteiger partial charge in [0.05, 0.1) is 35.5 Å². The fourth-order valence-corrected chi connectivity index (χ4v) is 5.23. The predicted octanol–water partition coefficient (Wildman–Crippen LogP) is 3.37. The normalized spacial score (nSPS) is 22.9. The van der Waals surface area contributed by atoms with Crippen LogP contribution in [-0.2, 0) is 20.5 Å². The SMILES string of the molecule is C=CCN1C(=O)N[C@H](c2ccccc2C(F)(F)F)C2=C1CN([C@@H](C(=O)NC[C@@H]1CCCO1)C(C)C)C2=O. The maximum atomic E-state index is 13.9. The zero-order valence-electron chi connectivity index (χ0n) is 20.8. The molecule has 0 radical (unpaired) electrons. The minimum Gasteiger partial charge on any atom is -0.376 e. The molecule has 0 saturated carbocycles. The van der Waals surface area contributed by atoms with E-state index >= 15 is 0 Å². The summed E-state index contributed by atoms with van der Waals surface area (Å²) in [5.41, 5.74) is -0.873. The molecule has 4 amide bonds. The number of urea groups is 1. The van der Waals surface area contributed by atoms with E-state index in [1.54, 1.807) is 13.8 Å². The van der Waals surface area contributed by atoms with E-state index in [-0.39, 0.29) is 47.9 Å². The number of halogens is 3. The van der Waals surface area contributed by atoms with Gasteiger partial charge in [-0.05, 0) is 30.4 Å². The maximum absolute atomic E-state index is 13.9. The molecule has 3 heterocycles. The molecule has 4 rings (SSSR count). The summed E-state index contributed by atoms with van der Waals surface area (Å²) < 4.78 is 47.1. The Balaban J connectivity index is 1.70. The third kappa shape index (κ3) is 5.22. The fourth-order valence-electron chi connectivity index (χ4n) is 5.23. The zero-order chi connectivity index (χ0) is 26.9. The van der Waals surface area contributed by atoms with E-state index in [4.69, 9.17) is 4.74 Å². The summed E-state index contributed by atoms with van der Waals surface area (Å²) >= 11 is 0. The number of amides is 4. The van der Waals surface area contributed by atoms with E-state index in [2.05, 4.69) is 17.2 Å². The van der Waals surface area contributed by atoms with E-state index in [1.165, 1.54) is 34.1 Å². The van der Waals surface area contributed by atoms with Crippen molar-refractivity contribution < 1.29 is 32.3 Å². The van der Waals surface area contributed by atoms with Crippen LogP contribution >= 0.6 is 0 Å². The predicted molar refractivity (Wildman–Crippen MR) is 129 cm³/mol. The molecular weight excluding hydrogens is 489 g/mol. The molecule has 0 aromatic heterocycles. The molecule has 37 heavy (non-hydrogen) atoms. The Labute approximate surface area is 213 Å². The summed E-state index contributed by atoms with van der Waals surface area (Å²) in [7, 11) is 0. The van der Waals surface area contributed by atoms with E-state index in [0.29, 0.717) is 13.2 Å². The highest BCUT2D eigenvalue weighted by molar-refractivity contribution is 6.03. The molecule has 1 aromatic rings. The van der Waals surface area contributed by atoms with Gasteiger partial charge >= 0.3 is 12.2 Å². The topological polar surface area (TPSA) is 91.0 Å².